The van der Waals surface area contributed by atoms with Gasteiger partial charge in [0, 0.05) is 13.1 Å². The van der Waals surface area contributed by atoms with Gasteiger partial charge in [0.25, 0.3) is 0 Å². The summed E-state index contributed by atoms with van der Waals surface area (Å²) in [6.07, 6.45) is 0.479. The van der Waals surface area contributed by atoms with Crippen molar-refractivity contribution in [1.82, 2.24) is 5.32 Å². The maximum atomic E-state index is 11.4. The molecular formula is C12H23NO4. The fourth-order valence-electron chi connectivity index (χ4n) is 1.50. The van der Waals surface area contributed by atoms with Crippen molar-refractivity contribution in [2.45, 2.75) is 38.9 Å². The van der Waals surface area contributed by atoms with Crippen molar-refractivity contribution in [2.24, 2.45) is 0 Å². The van der Waals surface area contributed by atoms with Crippen LogP contribution in [0.5, 0.6) is 0 Å². The zero-order valence-corrected chi connectivity index (χ0v) is 11.0. The predicted molar refractivity (Wildman–Crippen MR) is 63.9 cm³/mol. The van der Waals surface area contributed by atoms with Gasteiger partial charge in [-0.3, -0.25) is 4.79 Å². The zero-order valence-electron chi connectivity index (χ0n) is 11.0. The molecule has 0 aromatic rings. The van der Waals surface area contributed by atoms with Gasteiger partial charge < -0.3 is 19.5 Å². The lowest BCUT2D eigenvalue weighted by Crippen LogP contribution is -2.38. The van der Waals surface area contributed by atoms with Crippen molar-refractivity contribution in [2.75, 3.05) is 32.9 Å². The van der Waals surface area contributed by atoms with Gasteiger partial charge in [0.1, 0.15) is 5.60 Å². The highest BCUT2D eigenvalue weighted by Gasteiger charge is 2.16. The maximum absolute atomic E-state index is 11.4. The first kappa shape index (κ1) is 14.4. The van der Waals surface area contributed by atoms with Crippen LogP contribution in [0.15, 0.2) is 0 Å². The average molecular weight is 245 g/mol. The van der Waals surface area contributed by atoms with Crippen molar-refractivity contribution in [3.63, 3.8) is 0 Å². The van der Waals surface area contributed by atoms with E-state index in [1.807, 2.05) is 20.8 Å². The van der Waals surface area contributed by atoms with Crippen LogP contribution in [0.25, 0.3) is 0 Å². The summed E-state index contributed by atoms with van der Waals surface area (Å²) in [5.41, 5.74) is -0.405. The lowest BCUT2D eigenvalue weighted by Gasteiger charge is -2.23. The minimum atomic E-state index is -0.405. The number of hydrogen-bond acceptors (Lipinski definition) is 5. The van der Waals surface area contributed by atoms with Gasteiger partial charge >= 0.3 is 5.97 Å². The van der Waals surface area contributed by atoms with E-state index in [1.54, 1.807) is 0 Å². The van der Waals surface area contributed by atoms with Crippen molar-refractivity contribution in [3.05, 3.63) is 0 Å². The number of rotatable bonds is 5. The second-order valence-electron chi connectivity index (χ2n) is 5.11. The fraction of sp³-hybridized carbons (Fsp3) is 0.917. The van der Waals surface area contributed by atoms with E-state index in [4.69, 9.17) is 14.2 Å². The molecule has 0 spiro atoms. The van der Waals surface area contributed by atoms with E-state index < -0.39 is 5.60 Å². The molecule has 0 aromatic heterocycles. The van der Waals surface area contributed by atoms with Crippen LogP contribution in [0.2, 0.25) is 0 Å². The van der Waals surface area contributed by atoms with Crippen LogP contribution in [0, 0.1) is 0 Å². The van der Waals surface area contributed by atoms with Gasteiger partial charge in [-0.1, -0.05) is 0 Å². The van der Waals surface area contributed by atoms with E-state index >= 15 is 0 Å². The third-order valence-corrected chi connectivity index (χ3v) is 2.18. The maximum Gasteiger partial charge on any atom is 0.307 e. The number of carbonyl (C=O) groups is 1. The number of ether oxygens (including phenoxy) is 3. The highest BCUT2D eigenvalue weighted by molar-refractivity contribution is 5.70. The molecule has 1 aliphatic rings. The van der Waals surface area contributed by atoms with E-state index in [0.717, 1.165) is 0 Å². The summed E-state index contributed by atoms with van der Waals surface area (Å²) in [5, 5.41) is 3.17. The van der Waals surface area contributed by atoms with E-state index in [-0.39, 0.29) is 12.1 Å². The Labute approximate surface area is 103 Å². The third kappa shape index (κ3) is 7.31. The molecule has 1 atom stereocenters. The lowest BCUT2D eigenvalue weighted by atomic mass is 10.2. The molecule has 5 heteroatoms. The topological polar surface area (TPSA) is 56.8 Å². The van der Waals surface area contributed by atoms with Crippen molar-refractivity contribution in [1.29, 1.82) is 0 Å². The van der Waals surface area contributed by atoms with Crippen molar-refractivity contribution >= 4 is 5.97 Å². The summed E-state index contributed by atoms with van der Waals surface area (Å²) < 4.78 is 15.9. The number of esters is 1. The summed E-state index contributed by atoms with van der Waals surface area (Å²) in [6, 6.07) is 0. The predicted octanol–water partition coefficient (Wildman–Crippen LogP) is 0.723. The minimum Gasteiger partial charge on any atom is -0.460 e. The summed E-state index contributed by atoms with van der Waals surface area (Å²) in [4.78, 5) is 11.4. The first-order valence-electron chi connectivity index (χ1n) is 6.09. The Morgan fingerprint density at radius 1 is 1.41 bits per heavy atom. The van der Waals surface area contributed by atoms with Crippen LogP contribution in [0.3, 0.4) is 0 Å². The Morgan fingerprint density at radius 3 is 2.76 bits per heavy atom. The third-order valence-electron chi connectivity index (χ3n) is 2.18. The molecule has 0 aromatic carbocycles. The van der Waals surface area contributed by atoms with E-state index in [9.17, 15) is 4.79 Å². The molecule has 0 radical (unpaired) electrons. The Hall–Kier alpha value is -0.650. The molecule has 0 amide bonds. The molecule has 1 unspecified atom stereocenters. The van der Waals surface area contributed by atoms with E-state index in [0.29, 0.717) is 39.3 Å². The highest BCUT2D eigenvalue weighted by atomic mass is 16.6. The molecule has 1 N–H and O–H groups in total. The zero-order chi connectivity index (χ0) is 12.7. The molecular weight excluding hydrogens is 222 g/mol. The first-order valence-corrected chi connectivity index (χ1v) is 6.09. The van der Waals surface area contributed by atoms with Crippen LogP contribution >= 0.6 is 0 Å². The summed E-state index contributed by atoms with van der Waals surface area (Å²) in [6.45, 7) is 8.87. The summed E-state index contributed by atoms with van der Waals surface area (Å²) >= 11 is 0. The molecule has 0 aliphatic carbocycles. The van der Waals surface area contributed by atoms with Crippen LogP contribution in [-0.2, 0) is 19.0 Å². The van der Waals surface area contributed by atoms with Crippen molar-refractivity contribution in [3.8, 4) is 0 Å². The quantitative estimate of drug-likeness (QED) is 0.571. The minimum absolute atomic E-state index is 0.0994. The molecule has 0 bridgehead atoms. The second kappa shape index (κ2) is 6.93. The molecule has 1 fully saturated rings. The van der Waals surface area contributed by atoms with Gasteiger partial charge in [-0.05, 0) is 20.8 Å². The van der Waals surface area contributed by atoms with Crippen molar-refractivity contribution < 1.29 is 19.0 Å². The smallest absolute Gasteiger partial charge is 0.307 e. The molecule has 1 aliphatic heterocycles. The SMILES string of the molecule is CC(C)(C)OC(=O)CCNCC1COCCO1. The van der Waals surface area contributed by atoms with E-state index in [1.165, 1.54) is 0 Å². The van der Waals surface area contributed by atoms with Gasteiger partial charge in [0.2, 0.25) is 0 Å². The molecule has 100 valence electrons. The number of hydrogen-bond donors (Lipinski definition) is 1. The summed E-state index contributed by atoms with van der Waals surface area (Å²) in [5.74, 6) is -0.175. The Kier molecular flexibility index (Phi) is 5.88. The molecule has 1 rings (SSSR count). The number of carbonyl (C=O) groups excluding carboxylic acids is 1. The molecule has 1 saturated heterocycles. The van der Waals surface area contributed by atoms with Gasteiger partial charge in [0.05, 0.1) is 32.3 Å². The van der Waals surface area contributed by atoms with Crippen LogP contribution in [-0.4, -0.2) is 50.6 Å². The standard InChI is InChI=1S/C12H23NO4/c1-12(2,3)17-11(14)4-5-13-8-10-9-15-6-7-16-10/h10,13H,4-9H2,1-3H3. The molecule has 5 nitrogen and oxygen atoms in total. The molecule has 1 heterocycles. The monoisotopic (exact) mass is 245 g/mol. The lowest BCUT2D eigenvalue weighted by molar-refractivity contribution is -0.154. The Balaban J connectivity index is 2.01. The Bertz CT molecular complexity index is 231. The fourth-order valence-corrected chi connectivity index (χ4v) is 1.50. The second-order valence-corrected chi connectivity index (χ2v) is 5.11. The van der Waals surface area contributed by atoms with Gasteiger partial charge in [0.15, 0.2) is 0 Å². The van der Waals surface area contributed by atoms with Gasteiger partial charge in [-0.2, -0.15) is 0 Å². The normalized spacial score (nSPS) is 21.2. The van der Waals surface area contributed by atoms with Crippen LogP contribution < -0.4 is 5.32 Å². The van der Waals surface area contributed by atoms with Gasteiger partial charge in [-0.25, -0.2) is 0 Å². The van der Waals surface area contributed by atoms with Crippen LogP contribution in [0.4, 0.5) is 0 Å². The van der Waals surface area contributed by atoms with Gasteiger partial charge in [-0.15, -0.1) is 0 Å². The Morgan fingerprint density at radius 2 is 2.18 bits per heavy atom. The molecule has 17 heavy (non-hydrogen) atoms. The number of nitrogens with one attached hydrogen (secondary N) is 1. The summed E-state index contributed by atoms with van der Waals surface area (Å²) in [7, 11) is 0. The van der Waals surface area contributed by atoms with Crippen LogP contribution in [0.1, 0.15) is 27.2 Å². The average Bonchev–Trinajstić information content (AvgIpc) is 2.23. The highest BCUT2D eigenvalue weighted by Crippen LogP contribution is 2.07. The largest absolute Gasteiger partial charge is 0.460 e. The molecule has 0 saturated carbocycles. The first-order chi connectivity index (χ1) is 7.97. The van der Waals surface area contributed by atoms with E-state index in [2.05, 4.69) is 5.32 Å².